The fourth-order valence-corrected chi connectivity index (χ4v) is 2.38. The van der Waals surface area contributed by atoms with Gasteiger partial charge in [-0.1, -0.05) is 43.2 Å². The predicted molar refractivity (Wildman–Crippen MR) is 99.1 cm³/mol. The van der Waals surface area contributed by atoms with Gasteiger partial charge in [0.05, 0.1) is 13.2 Å². The van der Waals surface area contributed by atoms with Gasteiger partial charge in [-0.15, -0.1) is 0 Å². The molecule has 1 aromatic rings. The third kappa shape index (κ3) is 8.56. The molecule has 0 aromatic heterocycles. The van der Waals surface area contributed by atoms with Crippen molar-refractivity contribution in [3.63, 3.8) is 0 Å². The van der Waals surface area contributed by atoms with Crippen molar-refractivity contribution < 1.29 is 9.53 Å². The van der Waals surface area contributed by atoms with E-state index in [0.29, 0.717) is 6.42 Å². The zero-order valence-electron chi connectivity index (χ0n) is 15.2. The molecule has 2 N–H and O–H groups in total. The van der Waals surface area contributed by atoms with Crippen molar-refractivity contribution in [3.05, 3.63) is 35.9 Å². The Balaban J connectivity index is 2.31. The van der Waals surface area contributed by atoms with E-state index in [-0.39, 0.29) is 12.0 Å². The summed E-state index contributed by atoms with van der Waals surface area (Å²) in [5.74, 6) is 0.727. The Kier molecular flexibility index (Phi) is 10.3. The zero-order valence-corrected chi connectivity index (χ0v) is 15.2. The van der Waals surface area contributed by atoms with E-state index >= 15 is 0 Å². The second kappa shape index (κ2) is 12.4. The number of ether oxygens (including phenoxy) is 1. The molecule has 0 aliphatic carbocycles. The van der Waals surface area contributed by atoms with E-state index in [2.05, 4.69) is 46.3 Å². The number of unbranched alkanes of at least 4 members (excludes halogenated alkanes) is 3. The predicted octanol–water partition coefficient (Wildman–Crippen LogP) is 3.43. The van der Waals surface area contributed by atoms with Crippen LogP contribution in [-0.2, 0) is 9.53 Å². The minimum atomic E-state index is -0.124. The summed E-state index contributed by atoms with van der Waals surface area (Å²) in [5.41, 5.74) is 1.24. The van der Waals surface area contributed by atoms with Crippen LogP contribution in [0.2, 0.25) is 0 Å². The summed E-state index contributed by atoms with van der Waals surface area (Å²) in [5, 5.41) is 6.72. The standard InChI is InChI=1S/C19H31N3O2/c1-4-20-19(22-16(2)17-12-8-7-9-13-17)21-15-11-6-5-10-14-18(23)24-3/h7-9,12-13,16H,4-6,10-11,14-15H2,1-3H3,(H2,20,21,22). The molecule has 0 radical (unpaired) electrons. The Morgan fingerprint density at radius 1 is 1.17 bits per heavy atom. The van der Waals surface area contributed by atoms with Crippen molar-refractivity contribution >= 4 is 11.9 Å². The monoisotopic (exact) mass is 333 g/mol. The van der Waals surface area contributed by atoms with Crippen LogP contribution >= 0.6 is 0 Å². The van der Waals surface area contributed by atoms with Gasteiger partial charge in [-0.2, -0.15) is 0 Å². The van der Waals surface area contributed by atoms with E-state index in [1.807, 2.05) is 18.2 Å². The van der Waals surface area contributed by atoms with Gasteiger partial charge in [0.25, 0.3) is 0 Å². The Labute approximate surface area is 145 Å². The largest absolute Gasteiger partial charge is 0.469 e. The maximum atomic E-state index is 11.0. The fourth-order valence-electron chi connectivity index (χ4n) is 2.38. The lowest BCUT2D eigenvalue weighted by Gasteiger charge is -2.18. The zero-order chi connectivity index (χ0) is 17.6. The highest BCUT2D eigenvalue weighted by atomic mass is 16.5. The quantitative estimate of drug-likeness (QED) is 0.298. The lowest BCUT2D eigenvalue weighted by molar-refractivity contribution is -0.140. The summed E-state index contributed by atoms with van der Waals surface area (Å²) in [6.45, 7) is 5.83. The molecule has 0 fully saturated rings. The summed E-state index contributed by atoms with van der Waals surface area (Å²) in [4.78, 5) is 15.7. The maximum absolute atomic E-state index is 11.0. The number of hydrogen-bond acceptors (Lipinski definition) is 3. The second-order valence-electron chi connectivity index (χ2n) is 5.78. The van der Waals surface area contributed by atoms with Crippen molar-refractivity contribution in [1.82, 2.24) is 10.6 Å². The molecular weight excluding hydrogens is 302 g/mol. The normalized spacial score (nSPS) is 12.5. The lowest BCUT2D eigenvalue weighted by Crippen LogP contribution is -2.38. The van der Waals surface area contributed by atoms with E-state index in [1.54, 1.807) is 0 Å². The number of rotatable bonds is 10. The first kappa shape index (κ1) is 20.0. The molecule has 134 valence electrons. The Bertz CT molecular complexity index is 489. The molecule has 0 saturated carbocycles. The van der Waals surface area contributed by atoms with Gasteiger partial charge in [0.1, 0.15) is 0 Å². The number of carbonyl (C=O) groups is 1. The van der Waals surface area contributed by atoms with Crippen LogP contribution in [0.1, 0.15) is 57.6 Å². The highest BCUT2D eigenvalue weighted by Crippen LogP contribution is 2.10. The van der Waals surface area contributed by atoms with E-state index in [1.165, 1.54) is 12.7 Å². The van der Waals surface area contributed by atoms with E-state index < -0.39 is 0 Å². The van der Waals surface area contributed by atoms with Gasteiger partial charge in [-0.05, 0) is 32.3 Å². The van der Waals surface area contributed by atoms with Crippen LogP contribution in [0.5, 0.6) is 0 Å². The highest BCUT2D eigenvalue weighted by Gasteiger charge is 2.06. The van der Waals surface area contributed by atoms with Gasteiger partial charge in [-0.25, -0.2) is 0 Å². The van der Waals surface area contributed by atoms with Crippen LogP contribution in [-0.4, -0.2) is 32.1 Å². The summed E-state index contributed by atoms with van der Waals surface area (Å²) < 4.78 is 4.63. The first-order valence-corrected chi connectivity index (χ1v) is 8.84. The third-order valence-corrected chi connectivity index (χ3v) is 3.78. The Hall–Kier alpha value is -2.04. The van der Waals surface area contributed by atoms with Gasteiger partial charge in [0.2, 0.25) is 0 Å². The molecule has 1 aromatic carbocycles. The van der Waals surface area contributed by atoms with Gasteiger partial charge < -0.3 is 15.4 Å². The first-order valence-electron chi connectivity index (χ1n) is 8.84. The molecule has 1 atom stereocenters. The first-order chi connectivity index (χ1) is 11.7. The summed E-state index contributed by atoms with van der Waals surface area (Å²) in [6, 6.07) is 10.6. The van der Waals surface area contributed by atoms with Crippen LogP contribution in [0, 0.1) is 0 Å². The van der Waals surface area contributed by atoms with Crippen molar-refractivity contribution in [1.29, 1.82) is 0 Å². The molecule has 0 amide bonds. The van der Waals surface area contributed by atoms with Crippen molar-refractivity contribution in [2.75, 3.05) is 20.2 Å². The topological polar surface area (TPSA) is 62.7 Å². The van der Waals surface area contributed by atoms with Gasteiger partial charge in [0.15, 0.2) is 5.96 Å². The molecule has 0 saturated heterocycles. The molecular formula is C19H31N3O2. The van der Waals surface area contributed by atoms with Crippen LogP contribution in [0.15, 0.2) is 35.3 Å². The molecule has 5 heteroatoms. The van der Waals surface area contributed by atoms with Gasteiger partial charge in [-0.3, -0.25) is 9.79 Å². The minimum Gasteiger partial charge on any atom is -0.469 e. The number of benzene rings is 1. The van der Waals surface area contributed by atoms with E-state index in [0.717, 1.165) is 44.7 Å². The van der Waals surface area contributed by atoms with Crippen molar-refractivity contribution in [2.45, 2.75) is 52.0 Å². The average Bonchev–Trinajstić information content (AvgIpc) is 2.61. The minimum absolute atomic E-state index is 0.124. The van der Waals surface area contributed by atoms with Crippen LogP contribution in [0.4, 0.5) is 0 Å². The number of carbonyl (C=O) groups excluding carboxylic acids is 1. The smallest absolute Gasteiger partial charge is 0.305 e. The summed E-state index contributed by atoms with van der Waals surface area (Å²) in [7, 11) is 1.43. The molecule has 1 unspecified atom stereocenters. The van der Waals surface area contributed by atoms with E-state index in [4.69, 9.17) is 0 Å². The summed E-state index contributed by atoms with van der Waals surface area (Å²) in [6.07, 6.45) is 4.54. The number of methoxy groups -OCH3 is 1. The molecule has 0 bridgehead atoms. The summed E-state index contributed by atoms with van der Waals surface area (Å²) >= 11 is 0. The fraction of sp³-hybridized carbons (Fsp3) is 0.579. The lowest BCUT2D eigenvalue weighted by atomic mass is 10.1. The molecule has 5 nitrogen and oxygen atoms in total. The number of aliphatic imine (C=N–C) groups is 1. The van der Waals surface area contributed by atoms with Crippen molar-refractivity contribution in [3.8, 4) is 0 Å². The Morgan fingerprint density at radius 2 is 1.88 bits per heavy atom. The van der Waals surface area contributed by atoms with Gasteiger partial charge in [0, 0.05) is 19.5 Å². The van der Waals surface area contributed by atoms with E-state index in [9.17, 15) is 4.79 Å². The average molecular weight is 333 g/mol. The van der Waals surface area contributed by atoms with Crippen LogP contribution < -0.4 is 10.6 Å². The molecule has 0 heterocycles. The molecule has 0 aliphatic rings. The Morgan fingerprint density at radius 3 is 2.54 bits per heavy atom. The highest BCUT2D eigenvalue weighted by molar-refractivity contribution is 5.80. The second-order valence-corrected chi connectivity index (χ2v) is 5.78. The maximum Gasteiger partial charge on any atom is 0.305 e. The molecule has 0 spiro atoms. The van der Waals surface area contributed by atoms with Crippen LogP contribution in [0.3, 0.4) is 0 Å². The number of esters is 1. The SMILES string of the molecule is CCNC(=NCCCCCCC(=O)OC)NC(C)c1ccccc1. The van der Waals surface area contributed by atoms with Crippen molar-refractivity contribution in [2.24, 2.45) is 4.99 Å². The third-order valence-electron chi connectivity index (χ3n) is 3.78. The van der Waals surface area contributed by atoms with Crippen LogP contribution in [0.25, 0.3) is 0 Å². The molecule has 24 heavy (non-hydrogen) atoms. The number of guanidine groups is 1. The molecule has 1 rings (SSSR count). The molecule has 0 aliphatic heterocycles. The number of hydrogen-bond donors (Lipinski definition) is 2. The number of nitrogens with one attached hydrogen (secondary N) is 2. The number of nitrogens with zero attached hydrogens (tertiary/aromatic N) is 1. The van der Waals surface area contributed by atoms with Gasteiger partial charge >= 0.3 is 5.97 Å².